The van der Waals surface area contributed by atoms with Crippen molar-refractivity contribution in [2.24, 2.45) is 11.1 Å². The van der Waals surface area contributed by atoms with Gasteiger partial charge in [0, 0.05) is 42.2 Å². The van der Waals surface area contributed by atoms with Crippen LogP contribution in [0, 0.1) is 5.41 Å². The lowest BCUT2D eigenvalue weighted by atomic mass is 9.74. The average Bonchev–Trinajstić information content (AvgIpc) is 3.30. The Morgan fingerprint density at radius 2 is 1.97 bits per heavy atom. The van der Waals surface area contributed by atoms with Crippen molar-refractivity contribution in [2.45, 2.75) is 44.3 Å². The summed E-state index contributed by atoms with van der Waals surface area (Å²) in [6.07, 6.45) is 7.54. The van der Waals surface area contributed by atoms with Gasteiger partial charge in [-0.15, -0.1) is 0 Å². The second-order valence-corrected chi connectivity index (χ2v) is 8.69. The van der Waals surface area contributed by atoms with Gasteiger partial charge in [0.05, 0.1) is 10.9 Å². The van der Waals surface area contributed by atoms with E-state index in [4.69, 9.17) is 5.73 Å². The van der Waals surface area contributed by atoms with Gasteiger partial charge < -0.3 is 16.0 Å². The standard InChI is InChI=1S/C22H25F3N6/c23-22(24,25)15-5-6-18(31-11-7-17(26)21(13-31)8-1-2-9-21)28-20(15)19-14-4-3-10-27-12-16(14)29-30-19/h3-6,10,12,17,27,29H,1-2,7-9,11,13,26H2. The Balaban J connectivity index is 1.61. The second-order valence-electron chi connectivity index (χ2n) is 8.69. The molecule has 1 unspecified atom stereocenters. The highest BCUT2D eigenvalue weighted by Crippen LogP contribution is 2.45. The molecule has 0 bridgehead atoms. The van der Waals surface area contributed by atoms with E-state index in [-0.39, 0.29) is 22.8 Å². The first-order chi connectivity index (χ1) is 14.9. The number of allylic oxidation sites excluding steroid dienone is 1. The molecule has 3 aliphatic rings. The highest BCUT2D eigenvalue weighted by Gasteiger charge is 2.44. The molecular weight excluding hydrogens is 405 g/mol. The third-order valence-corrected chi connectivity index (χ3v) is 6.85. The molecule has 2 aliphatic heterocycles. The van der Waals surface area contributed by atoms with Crippen LogP contribution in [0.1, 0.15) is 37.7 Å². The molecule has 4 heterocycles. The quantitative estimate of drug-likeness (QED) is 0.681. The fourth-order valence-electron chi connectivity index (χ4n) is 5.17. The van der Waals surface area contributed by atoms with Crippen molar-refractivity contribution in [1.29, 1.82) is 0 Å². The van der Waals surface area contributed by atoms with E-state index in [0.717, 1.165) is 44.7 Å². The van der Waals surface area contributed by atoms with Gasteiger partial charge in [0.15, 0.2) is 0 Å². The molecule has 31 heavy (non-hydrogen) atoms. The first-order valence-electron chi connectivity index (χ1n) is 10.6. The molecule has 0 aromatic carbocycles. The lowest BCUT2D eigenvalue weighted by Gasteiger charge is -2.45. The molecule has 4 N–H and O–H groups in total. The van der Waals surface area contributed by atoms with E-state index in [1.54, 1.807) is 24.6 Å². The zero-order valence-corrected chi connectivity index (χ0v) is 17.0. The number of rotatable bonds is 2. The topological polar surface area (TPSA) is 82.9 Å². The smallest absolute Gasteiger partial charge is 0.366 e. The number of aromatic amines is 1. The van der Waals surface area contributed by atoms with Gasteiger partial charge in [0.2, 0.25) is 0 Å². The van der Waals surface area contributed by atoms with Crippen molar-refractivity contribution in [3.63, 3.8) is 0 Å². The summed E-state index contributed by atoms with van der Waals surface area (Å²) in [6, 6.07) is 2.74. The van der Waals surface area contributed by atoms with E-state index in [1.165, 1.54) is 6.07 Å². The summed E-state index contributed by atoms with van der Waals surface area (Å²) in [6.45, 7) is 1.42. The summed E-state index contributed by atoms with van der Waals surface area (Å²) in [5.74, 6) is 0.546. The molecule has 1 atom stereocenters. The fraction of sp³-hybridized carbons (Fsp3) is 0.455. The van der Waals surface area contributed by atoms with Gasteiger partial charge in [-0.25, -0.2) is 4.98 Å². The van der Waals surface area contributed by atoms with Crippen LogP contribution in [0.25, 0.3) is 23.7 Å². The fourth-order valence-corrected chi connectivity index (χ4v) is 5.17. The van der Waals surface area contributed by atoms with Crippen LogP contribution in [0.15, 0.2) is 24.4 Å². The molecular formula is C22H25F3N6. The van der Waals surface area contributed by atoms with Gasteiger partial charge in [0.25, 0.3) is 0 Å². The molecule has 164 valence electrons. The maximum atomic E-state index is 13.9. The summed E-state index contributed by atoms with van der Waals surface area (Å²) in [7, 11) is 0. The van der Waals surface area contributed by atoms with Gasteiger partial charge in [-0.05, 0) is 43.5 Å². The number of pyridine rings is 1. The maximum Gasteiger partial charge on any atom is 0.418 e. The van der Waals surface area contributed by atoms with Crippen LogP contribution in [0.3, 0.4) is 0 Å². The Bertz CT molecular complexity index is 1130. The third-order valence-electron chi connectivity index (χ3n) is 6.85. The molecule has 1 saturated heterocycles. The molecule has 0 amide bonds. The normalized spacial score (nSPS) is 22.5. The summed E-state index contributed by atoms with van der Waals surface area (Å²) >= 11 is 0. The number of piperidine rings is 1. The minimum absolute atomic E-state index is 0.0331. The molecule has 0 radical (unpaired) electrons. The molecule has 9 heteroatoms. The first-order valence-corrected chi connectivity index (χ1v) is 10.6. The number of H-pyrrole nitrogens is 1. The number of nitrogens with two attached hydrogens (primary N) is 1. The van der Waals surface area contributed by atoms with Crippen LogP contribution in [0.5, 0.6) is 0 Å². The Hall–Kier alpha value is -2.81. The van der Waals surface area contributed by atoms with E-state index in [0.29, 0.717) is 22.9 Å². The highest BCUT2D eigenvalue weighted by molar-refractivity contribution is 5.66. The van der Waals surface area contributed by atoms with Crippen molar-refractivity contribution in [3.8, 4) is 11.4 Å². The number of nitrogens with zero attached hydrogens (tertiary/aromatic N) is 3. The minimum Gasteiger partial charge on any atom is -0.366 e. The van der Waals surface area contributed by atoms with Gasteiger partial charge in [0.1, 0.15) is 17.2 Å². The highest BCUT2D eigenvalue weighted by atomic mass is 19.4. The number of hydrogen-bond donors (Lipinski definition) is 3. The zero-order chi connectivity index (χ0) is 21.6. The number of hydrogen-bond acceptors (Lipinski definition) is 5. The van der Waals surface area contributed by atoms with Crippen LogP contribution in [0.2, 0.25) is 0 Å². The van der Waals surface area contributed by atoms with Crippen molar-refractivity contribution in [3.05, 3.63) is 40.5 Å². The van der Waals surface area contributed by atoms with Crippen LogP contribution in [-0.4, -0.2) is 34.3 Å². The summed E-state index contributed by atoms with van der Waals surface area (Å²) in [4.78, 5) is 6.63. The van der Waals surface area contributed by atoms with Crippen molar-refractivity contribution in [1.82, 2.24) is 20.5 Å². The van der Waals surface area contributed by atoms with Gasteiger partial charge >= 0.3 is 6.18 Å². The van der Waals surface area contributed by atoms with Crippen molar-refractivity contribution >= 4 is 18.1 Å². The molecule has 1 aliphatic carbocycles. The molecule has 1 spiro atoms. The molecule has 1 saturated carbocycles. The first kappa shape index (κ1) is 20.1. The van der Waals surface area contributed by atoms with E-state index in [1.807, 2.05) is 0 Å². The lowest BCUT2D eigenvalue weighted by molar-refractivity contribution is -0.137. The maximum absolute atomic E-state index is 13.9. The summed E-state index contributed by atoms with van der Waals surface area (Å²) < 4.78 is 41.6. The Morgan fingerprint density at radius 3 is 2.74 bits per heavy atom. The lowest BCUT2D eigenvalue weighted by Crippen LogP contribution is -2.54. The van der Waals surface area contributed by atoms with Crippen molar-refractivity contribution < 1.29 is 13.2 Å². The van der Waals surface area contributed by atoms with Crippen molar-refractivity contribution in [2.75, 3.05) is 18.0 Å². The van der Waals surface area contributed by atoms with Crippen LogP contribution >= 0.6 is 0 Å². The number of anilines is 1. The second kappa shape index (κ2) is 7.40. The van der Waals surface area contributed by atoms with Crippen LogP contribution in [-0.2, 0) is 6.18 Å². The largest absolute Gasteiger partial charge is 0.418 e. The zero-order valence-electron chi connectivity index (χ0n) is 17.0. The predicted octanol–water partition coefficient (Wildman–Crippen LogP) is 2.22. The molecule has 6 nitrogen and oxygen atoms in total. The average molecular weight is 430 g/mol. The molecule has 2 aromatic rings. The molecule has 5 rings (SSSR count). The van der Waals surface area contributed by atoms with E-state index >= 15 is 0 Å². The van der Waals surface area contributed by atoms with Gasteiger partial charge in [-0.3, -0.25) is 5.10 Å². The SMILES string of the molecule is NC1CCN(c2ccc(C(F)(F)F)c(-c3n[nH]c4c3=CC=CNC=4)n2)CC12CCCC2. The number of nitrogens with one attached hydrogen (secondary N) is 2. The molecule has 2 fully saturated rings. The van der Waals surface area contributed by atoms with Crippen LogP contribution < -0.4 is 26.5 Å². The monoisotopic (exact) mass is 430 g/mol. The van der Waals surface area contributed by atoms with Crippen LogP contribution in [0.4, 0.5) is 19.0 Å². The predicted molar refractivity (Wildman–Crippen MR) is 113 cm³/mol. The Kier molecular flexibility index (Phi) is 4.80. The van der Waals surface area contributed by atoms with E-state index in [9.17, 15) is 13.2 Å². The summed E-state index contributed by atoms with van der Waals surface area (Å²) in [5.41, 5.74) is 5.75. The van der Waals surface area contributed by atoms with Gasteiger partial charge in [-0.2, -0.15) is 18.3 Å². The minimum atomic E-state index is -4.54. The Labute approximate surface area is 177 Å². The third kappa shape index (κ3) is 3.50. The van der Waals surface area contributed by atoms with E-state index in [2.05, 4.69) is 25.4 Å². The number of alkyl halides is 3. The number of fused-ring (bicyclic) bond motifs is 1. The Morgan fingerprint density at radius 1 is 1.16 bits per heavy atom. The molecule has 2 aromatic heterocycles. The van der Waals surface area contributed by atoms with Gasteiger partial charge in [-0.1, -0.05) is 12.8 Å². The number of halogens is 3. The van der Waals surface area contributed by atoms with E-state index < -0.39 is 11.7 Å². The summed E-state index contributed by atoms with van der Waals surface area (Å²) in [5, 5.41) is 11.1. The number of aromatic nitrogens is 3.